The lowest BCUT2D eigenvalue weighted by Gasteiger charge is -2.09. The lowest BCUT2D eigenvalue weighted by atomic mass is 10.3. The van der Waals surface area contributed by atoms with E-state index in [2.05, 4.69) is 10.4 Å². The lowest BCUT2D eigenvalue weighted by molar-refractivity contribution is -0.384. The highest BCUT2D eigenvalue weighted by Gasteiger charge is 2.13. The third-order valence-corrected chi connectivity index (χ3v) is 4.66. The maximum atomic E-state index is 13.2. The van der Waals surface area contributed by atoms with Crippen LogP contribution in [0.25, 0.3) is 5.69 Å². The van der Waals surface area contributed by atoms with E-state index in [-0.39, 0.29) is 17.3 Å². The van der Waals surface area contributed by atoms with Gasteiger partial charge >= 0.3 is 0 Å². The molecule has 0 fully saturated rings. The number of benzene rings is 2. The minimum absolute atomic E-state index is 0.0183. The molecule has 1 N–H and O–H groups in total. The molecule has 1 aromatic heterocycles. The molecule has 0 radical (unpaired) electrons. The standard InChI is InChI=1S/C18H14F2N4O3S/c1-11-8-17(23(22-11)12-2-4-13(5-3-12)24(26)27)21-18(25)10-28-14-6-7-15(19)16(20)9-14/h2-9H,10H2,1H3,(H,21,25). The predicted molar refractivity (Wildman–Crippen MR) is 101 cm³/mol. The summed E-state index contributed by atoms with van der Waals surface area (Å²) in [7, 11) is 0. The van der Waals surface area contributed by atoms with Crippen molar-refractivity contribution >= 4 is 29.2 Å². The largest absolute Gasteiger partial charge is 0.310 e. The number of hydrogen-bond acceptors (Lipinski definition) is 5. The van der Waals surface area contributed by atoms with Gasteiger partial charge in [-0.3, -0.25) is 14.9 Å². The summed E-state index contributed by atoms with van der Waals surface area (Å²) in [5.74, 6) is -1.91. The van der Waals surface area contributed by atoms with Crippen LogP contribution in [0.15, 0.2) is 53.4 Å². The summed E-state index contributed by atoms with van der Waals surface area (Å²) in [6.07, 6.45) is 0. The number of thioether (sulfide) groups is 1. The molecule has 0 spiro atoms. The van der Waals surface area contributed by atoms with E-state index in [0.29, 0.717) is 22.1 Å². The molecule has 0 atom stereocenters. The van der Waals surface area contributed by atoms with E-state index in [1.165, 1.54) is 35.0 Å². The molecule has 0 aliphatic heterocycles. The molecule has 0 aliphatic rings. The Hall–Kier alpha value is -3.27. The topological polar surface area (TPSA) is 90.1 Å². The number of hydrogen-bond donors (Lipinski definition) is 1. The van der Waals surface area contributed by atoms with Crippen molar-refractivity contribution in [2.75, 3.05) is 11.1 Å². The van der Waals surface area contributed by atoms with Crippen molar-refractivity contribution in [1.82, 2.24) is 9.78 Å². The summed E-state index contributed by atoms with van der Waals surface area (Å²) >= 11 is 1.06. The minimum atomic E-state index is -0.975. The number of carbonyl (C=O) groups is 1. The first-order valence-electron chi connectivity index (χ1n) is 8.02. The molecule has 0 saturated carbocycles. The zero-order valence-electron chi connectivity index (χ0n) is 14.6. The number of aromatic nitrogens is 2. The maximum Gasteiger partial charge on any atom is 0.269 e. The fourth-order valence-electron chi connectivity index (χ4n) is 2.40. The number of amides is 1. The second kappa shape index (κ2) is 8.17. The Morgan fingerprint density at radius 2 is 1.89 bits per heavy atom. The van der Waals surface area contributed by atoms with Crippen LogP contribution >= 0.6 is 11.8 Å². The van der Waals surface area contributed by atoms with Crippen LogP contribution in [-0.2, 0) is 4.79 Å². The molecule has 0 bridgehead atoms. The van der Waals surface area contributed by atoms with E-state index in [0.717, 1.165) is 23.9 Å². The van der Waals surface area contributed by atoms with Gasteiger partial charge in [0.2, 0.25) is 5.91 Å². The number of aryl methyl sites for hydroxylation is 1. The van der Waals surface area contributed by atoms with E-state index in [1.807, 2.05) is 0 Å². The Morgan fingerprint density at radius 1 is 1.18 bits per heavy atom. The van der Waals surface area contributed by atoms with Crippen molar-refractivity contribution in [1.29, 1.82) is 0 Å². The second-order valence-electron chi connectivity index (χ2n) is 5.77. The van der Waals surface area contributed by atoms with Crippen LogP contribution in [0, 0.1) is 28.7 Å². The van der Waals surface area contributed by atoms with E-state index in [4.69, 9.17) is 0 Å². The van der Waals surface area contributed by atoms with Gasteiger partial charge in [-0.05, 0) is 37.3 Å². The Morgan fingerprint density at radius 3 is 2.54 bits per heavy atom. The zero-order valence-corrected chi connectivity index (χ0v) is 15.4. The normalized spacial score (nSPS) is 10.7. The van der Waals surface area contributed by atoms with Crippen LogP contribution in [0.2, 0.25) is 0 Å². The fraction of sp³-hybridized carbons (Fsp3) is 0.111. The van der Waals surface area contributed by atoms with Gasteiger partial charge in [0, 0.05) is 23.1 Å². The van der Waals surface area contributed by atoms with E-state index in [1.54, 1.807) is 13.0 Å². The van der Waals surface area contributed by atoms with Crippen molar-refractivity contribution in [3.8, 4) is 5.69 Å². The van der Waals surface area contributed by atoms with Crippen LogP contribution < -0.4 is 5.32 Å². The van der Waals surface area contributed by atoms with Gasteiger partial charge < -0.3 is 5.32 Å². The maximum absolute atomic E-state index is 13.2. The van der Waals surface area contributed by atoms with E-state index in [9.17, 15) is 23.7 Å². The van der Waals surface area contributed by atoms with Crippen LogP contribution in [-0.4, -0.2) is 26.4 Å². The molecule has 144 valence electrons. The number of nitrogens with zero attached hydrogens (tertiary/aromatic N) is 3. The van der Waals surface area contributed by atoms with Crippen LogP contribution in [0.4, 0.5) is 20.3 Å². The number of halogens is 2. The highest BCUT2D eigenvalue weighted by atomic mass is 32.2. The molecule has 10 heteroatoms. The van der Waals surface area contributed by atoms with Gasteiger partial charge in [0.1, 0.15) is 5.82 Å². The van der Waals surface area contributed by atoms with E-state index >= 15 is 0 Å². The van der Waals surface area contributed by atoms with Crippen molar-refractivity contribution in [3.05, 3.63) is 76.0 Å². The summed E-state index contributed by atoms with van der Waals surface area (Å²) in [5.41, 5.74) is 1.13. The Labute approximate surface area is 162 Å². The molecule has 0 aliphatic carbocycles. The second-order valence-corrected chi connectivity index (χ2v) is 6.82. The average molecular weight is 404 g/mol. The molecule has 1 heterocycles. The van der Waals surface area contributed by atoms with Crippen molar-refractivity contribution < 1.29 is 18.5 Å². The molecule has 28 heavy (non-hydrogen) atoms. The highest BCUT2D eigenvalue weighted by molar-refractivity contribution is 8.00. The third-order valence-electron chi connectivity index (χ3n) is 3.67. The Bertz CT molecular complexity index is 1040. The average Bonchev–Trinajstić information content (AvgIpc) is 3.03. The first-order valence-corrected chi connectivity index (χ1v) is 9.01. The first-order chi connectivity index (χ1) is 13.3. The molecule has 3 rings (SSSR count). The molecule has 7 nitrogen and oxygen atoms in total. The molecular weight excluding hydrogens is 390 g/mol. The van der Waals surface area contributed by atoms with Gasteiger partial charge in [-0.15, -0.1) is 11.8 Å². The van der Waals surface area contributed by atoms with Gasteiger partial charge in [0.25, 0.3) is 5.69 Å². The number of nitrogens with one attached hydrogen (secondary N) is 1. The SMILES string of the molecule is Cc1cc(NC(=O)CSc2ccc(F)c(F)c2)n(-c2ccc([N+](=O)[O-])cc2)n1. The number of nitro groups is 1. The lowest BCUT2D eigenvalue weighted by Crippen LogP contribution is -2.17. The molecule has 3 aromatic rings. The fourth-order valence-corrected chi connectivity index (χ4v) is 3.12. The molecule has 0 unspecified atom stereocenters. The monoisotopic (exact) mass is 404 g/mol. The van der Waals surface area contributed by atoms with Crippen molar-refractivity contribution in [2.24, 2.45) is 0 Å². The molecule has 0 saturated heterocycles. The summed E-state index contributed by atoms with van der Waals surface area (Å²) in [6.45, 7) is 1.74. The molecule has 2 aromatic carbocycles. The predicted octanol–water partition coefficient (Wildman–Crippen LogP) is 4.10. The quantitative estimate of drug-likeness (QED) is 0.380. The third kappa shape index (κ3) is 4.52. The first kappa shape index (κ1) is 19.5. The summed E-state index contributed by atoms with van der Waals surface area (Å²) in [4.78, 5) is 22.9. The number of carbonyl (C=O) groups excluding carboxylic acids is 1. The van der Waals surface area contributed by atoms with Gasteiger partial charge in [-0.25, -0.2) is 13.5 Å². The Kier molecular flexibility index (Phi) is 5.69. The summed E-state index contributed by atoms with van der Waals surface area (Å²) in [6, 6.07) is 10.8. The number of anilines is 1. The Balaban J connectivity index is 1.71. The summed E-state index contributed by atoms with van der Waals surface area (Å²) in [5, 5.41) is 17.8. The van der Waals surface area contributed by atoms with Gasteiger partial charge in [-0.1, -0.05) is 0 Å². The van der Waals surface area contributed by atoms with Gasteiger partial charge in [-0.2, -0.15) is 5.10 Å². The van der Waals surface area contributed by atoms with Crippen molar-refractivity contribution in [3.63, 3.8) is 0 Å². The van der Waals surface area contributed by atoms with Crippen LogP contribution in [0.1, 0.15) is 5.69 Å². The zero-order chi connectivity index (χ0) is 20.3. The number of nitro benzene ring substituents is 1. The van der Waals surface area contributed by atoms with Gasteiger partial charge in [0.05, 0.1) is 22.1 Å². The minimum Gasteiger partial charge on any atom is -0.310 e. The molecule has 1 amide bonds. The summed E-state index contributed by atoms with van der Waals surface area (Å²) < 4.78 is 27.6. The smallest absolute Gasteiger partial charge is 0.269 e. The van der Waals surface area contributed by atoms with Gasteiger partial charge in [0.15, 0.2) is 11.6 Å². The number of rotatable bonds is 6. The van der Waals surface area contributed by atoms with Crippen LogP contribution in [0.3, 0.4) is 0 Å². The molecular formula is C18H14F2N4O3S. The van der Waals surface area contributed by atoms with Crippen molar-refractivity contribution in [2.45, 2.75) is 11.8 Å². The van der Waals surface area contributed by atoms with E-state index < -0.39 is 16.6 Å². The van der Waals surface area contributed by atoms with Crippen LogP contribution in [0.5, 0.6) is 0 Å². The number of non-ortho nitro benzene ring substituents is 1. The highest BCUT2D eigenvalue weighted by Crippen LogP contribution is 2.22.